The molecule has 0 spiro atoms. The number of nitrogens with zero attached hydrogens (tertiary/aromatic N) is 3. The molecule has 0 aliphatic carbocycles. The van der Waals surface area contributed by atoms with Crippen LogP contribution in [0.1, 0.15) is 31.4 Å². The normalized spacial score (nSPS) is 18.7. The van der Waals surface area contributed by atoms with Crippen molar-refractivity contribution in [2.24, 2.45) is 0 Å². The lowest BCUT2D eigenvalue weighted by atomic mass is 9.96. The molecule has 5 rings (SSSR count). The maximum Gasteiger partial charge on any atom is 0.245 e. The number of hydrogen-bond acceptors (Lipinski definition) is 7. The van der Waals surface area contributed by atoms with Crippen LogP contribution in [0, 0.1) is 6.92 Å². The van der Waals surface area contributed by atoms with E-state index in [-0.39, 0.29) is 23.7 Å². The highest BCUT2D eigenvalue weighted by molar-refractivity contribution is 7.89. The number of fused-ring (bicyclic) bond motifs is 2. The van der Waals surface area contributed by atoms with Gasteiger partial charge in [-0.2, -0.15) is 9.40 Å². The van der Waals surface area contributed by atoms with Gasteiger partial charge in [-0.3, -0.25) is 9.89 Å². The number of ether oxygens (including phenoxy) is 1. The zero-order valence-corrected chi connectivity index (χ0v) is 20.9. The maximum atomic E-state index is 13.5. The summed E-state index contributed by atoms with van der Waals surface area (Å²) in [5.74, 6) is 0.527. The van der Waals surface area contributed by atoms with E-state index in [2.05, 4.69) is 15.1 Å². The highest BCUT2D eigenvalue weighted by atomic mass is 32.2. The van der Waals surface area contributed by atoms with Crippen LogP contribution in [0.5, 0.6) is 5.75 Å². The van der Waals surface area contributed by atoms with E-state index >= 15 is 0 Å². The molecule has 0 unspecified atom stereocenters. The molecule has 1 fully saturated rings. The van der Waals surface area contributed by atoms with Crippen LogP contribution in [0.3, 0.4) is 0 Å². The van der Waals surface area contributed by atoms with Gasteiger partial charge in [0.15, 0.2) is 5.78 Å². The van der Waals surface area contributed by atoms with Crippen molar-refractivity contribution in [2.75, 3.05) is 31.2 Å². The second kappa shape index (κ2) is 8.61. The molecule has 10 heteroatoms. The Morgan fingerprint density at radius 2 is 2.06 bits per heavy atom. The predicted molar refractivity (Wildman–Crippen MR) is 132 cm³/mol. The fraction of sp³-hybridized carbons (Fsp3) is 0.440. The first kappa shape index (κ1) is 23.8. The van der Waals surface area contributed by atoms with Crippen LogP contribution in [-0.4, -0.2) is 71.7 Å². The summed E-state index contributed by atoms with van der Waals surface area (Å²) in [6.45, 7) is 7.24. The van der Waals surface area contributed by atoms with E-state index < -0.39 is 21.6 Å². The molecule has 0 radical (unpaired) electrons. The Kier molecular flexibility index (Phi) is 5.85. The molecule has 0 amide bonds. The lowest BCUT2D eigenvalue weighted by Crippen LogP contribution is -2.55. The SMILES string of the molecule is Cc1cc(S(=O)(=O)N2CC[C@H]2C(=O)Cc2ccc3c(c2)OCCN3C(C)(C)CO)c2[nH]ncc2c1. The van der Waals surface area contributed by atoms with E-state index in [9.17, 15) is 18.3 Å². The molecule has 35 heavy (non-hydrogen) atoms. The van der Waals surface area contributed by atoms with E-state index in [1.54, 1.807) is 12.3 Å². The Morgan fingerprint density at radius 1 is 1.26 bits per heavy atom. The zero-order valence-electron chi connectivity index (χ0n) is 20.1. The summed E-state index contributed by atoms with van der Waals surface area (Å²) in [6, 6.07) is 8.43. The predicted octanol–water partition coefficient (Wildman–Crippen LogP) is 2.42. The molecule has 3 aromatic rings. The van der Waals surface area contributed by atoms with Crippen molar-refractivity contribution in [3.63, 3.8) is 0 Å². The zero-order chi connectivity index (χ0) is 25.0. The molecule has 2 aromatic carbocycles. The number of ketones is 1. The number of carbonyl (C=O) groups is 1. The fourth-order valence-corrected chi connectivity index (χ4v) is 6.79. The van der Waals surface area contributed by atoms with Gasteiger partial charge in [-0.25, -0.2) is 8.42 Å². The van der Waals surface area contributed by atoms with Gasteiger partial charge in [0.25, 0.3) is 0 Å². The molecular formula is C25H30N4O5S. The summed E-state index contributed by atoms with van der Waals surface area (Å²) in [5.41, 5.74) is 2.48. The number of carbonyl (C=O) groups excluding carboxylic acids is 1. The average Bonchev–Trinajstić information content (AvgIpc) is 3.25. The Hall–Kier alpha value is -2.95. The standard InChI is InChI=1S/C25H30N4O5S/c1-16-10-18-14-26-27-24(18)23(11-16)35(32,33)29-7-6-19(29)21(31)12-17-4-5-20-22(13-17)34-9-8-28(20)25(2,3)15-30/h4-5,10-11,13-14,19,30H,6-9,12,15H2,1-3H3,(H,26,27)/t19-/m0/s1. The van der Waals surface area contributed by atoms with Crippen molar-refractivity contribution in [3.8, 4) is 5.75 Å². The van der Waals surface area contributed by atoms with Crippen LogP contribution in [0.2, 0.25) is 0 Å². The molecule has 2 aliphatic rings. The molecule has 2 aliphatic heterocycles. The minimum absolute atomic E-state index is 0.00442. The highest BCUT2D eigenvalue weighted by Gasteiger charge is 2.43. The van der Waals surface area contributed by atoms with Crippen LogP contribution < -0.4 is 9.64 Å². The van der Waals surface area contributed by atoms with Gasteiger partial charge >= 0.3 is 0 Å². The van der Waals surface area contributed by atoms with Crippen LogP contribution >= 0.6 is 0 Å². The third-order valence-electron chi connectivity index (χ3n) is 6.97. The van der Waals surface area contributed by atoms with Crippen molar-refractivity contribution in [1.29, 1.82) is 0 Å². The number of benzene rings is 2. The minimum atomic E-state index is -3.86. The molecule has 1 atom stereocenters. The number of aryl methyl sites for hydroxylation is 1. The molecule has 186 valence electrons. The summed E-state index contributed by atoms with van der Waals surface area (Å²) in [7, 11) is -3.86. The topological polar surface area (TPSA) is 116 Å². The Labute approximate surface area is 204 Å². The summed E-state index contributed by atoms with van der Waals surface area (Å²) >= 11 is 0. The lowest BCUT2D eigenvalue weighted by molar-refractivity contribution is -0.124. The van der Waals surface area contributed by atoms with Gasteiger partial charge < -0.3 is 14.7 Å². The molecule has 0 saturated carbocycles. The second-order valence-corrected chi connectivity index (χ2v) is 11.8. The molecule has 3 heterocycles. The average molecular weight is 499 g/mol. The van der Waals surface area contributed by atoms with Crippen molar-refractivity contribution in [3.05, 3.63) is 47.7 Å². The van der Waals surface area contributed by atoms with Crippen LogP contribution in [-0.2, 0) is 21.2 Å². The molecule has 2 N–H and O–H groups in total. The largest absolute Gasteiger partial charge is 0.490 e. The maximum absolute atomic E-state index is 13.5. The monoisotopic (exact) mass is 498 g/mol. The van der Waals surface area contributed by atoms with Gasteiger partial charge in [0.05, 0.1) is 42.1 Å². The number of nitrogens with one attached hydrogen (secondary N) is 1. The Balaban J connectivity index is 1.36. The second-order valence-electron chi connectivity index (χ2n) is 9.93. The molecule has 1 saturated heterocycles. The van der Waals surface area contributed by atoms with E-state index in [0.29, 0.717) is 37.4 Å². The highest BCUT2D eigenvalue weighted by Crippen LogP contribution is 2.37. The number of aliphatic hydroxyl groups excluding tert-OH is 1. The molecule has 1 aromatic heterocycles. The smallest absolute Gasteiger partial charge is 0.245 e. The number of aromatic nitrogens is 2. The van der Waals surface area contributed by atoms with Gasteiger partial charge in [0, 0.05) is 18.4 Å². The Bertz CT molecular complexity index is 1400. The number of sulfonamides is 1. The Morgan fingerprint density at radius 3 is 2.77 bits per heavy atom. The van der Waals surface area contributed by atoms with Crippen LogP contribution in [0.4, 0.5) is 5.69 Å². The summed E-state index contributed by atoms with van der Waals surface area (Å²) in [4.78, 5) is 15.4. The van der Waals surface area contributed by atoms with E-state index in [1.807, 2.05) is 45.0 Å². The molecular weight excluding hydrogens is 468 g/mol. The van der Waals surface area contributed by atoms with E-state index in [4.69, 9.17) is 4.74 Å². The first-order valence-electron chi connectivity index (χ1n) is 11.7. The van der Waals surface area contributed by atoms with Gasteiger partial charge in [-0.05, 0) is 62.6 Å². The number of Topliss-reactive ketones (excluding diaryl/α,β-unsaturated/α-hetero) is 1. The minimum Gasteiger partial charge on any atom is -0.490 e. The number of aliphatic hydroxyl groups is 1. The lowest BCUT2D eigenvalue weighted by Gasteiger charge is -2.42. The van der Waals surface area contributed by atoms with E-state index in [0.717, 1.165) is 22.2 Å². The van der Waals surface area contributed by atoms with Gasteiger partial charge in [0.1, 0.15) is 17.3 Å². The third kappa shape index (κ3) is 4.09. The van der Waals surface area contributed by atoms with Crippen molar-refractivity contribution >= 4 is 32.4 Å². The number of aromatic amines is 1. The number of anilines is 1. The van der Waals surface area contributed by atoms with Gasteiger partial charge in [-0.15, -0.1) is 0 Å². The summed E-state index contributed by atoms with van der Waals surface area (Å²) < 4.78 is 34.1. The first-order valence-corrected chi connectivity index (χ1v) is 13.2. The number of rotatable bonds is 7. The van der Waals surface area contributed by atoms with E-state index in [1.165, 1.54) is 4.31 Å². The fourth-order valence-electron chi connectivity index (χ4n) is 4.88. The van der Waals surface area contributed by atoms with Crippen molar-refractivity contribution in [1.82, 2.24) is 14.5 Å². The molecule has 9 nitrogen and oxygen atoms in total. The van der Waals surface area contributed by atoms with Gasteiger partial charge in [-0.1, -0.05) is 6.07 Å². The van der Waals surface area contributed by atoms with Crippen LogP contribution in [0.25, 0.3) is 10.9 Å². The number of hydrogen-bond donors (Lipinski definition) is 2. The van der Waals surface area contributed by atoms with Crippen molar-refractivity contribution < 1.29 is 23.1 Å². The number of H-pyrrole nitrogens is 1. The summed E-state index contributed by atoms with van der Waals surface area (Å²) in [6.07, 6.45) is 2.21. The van der Waals surface area contributed by atoms with Crippen LogP contribution in [0.15, 0.2) is 41.4 Å². The van der Waals surface area contributed by atoms with Crippen molar-refractivity contribution in [2.45, 2.75) is 50.1 Å². The first-order chi connectivity index (χ1) is 16.6. The quantitative estimate of drug-likeness (QED) is 0.514. The third-order valence-corrected chi connectivity index (χ3v) is 8.90. The summed E-state index contributed by atoms with van der Waals surface area (Å²) in [5, 5.41) is 17.3. The van der Waals surface area contributed by atoms with Gasteiger partial charge in [0.2, 0.25) is 10.0 Å². The molecule has 0 bridgehead atoms.